The van der Waals surface area contributed by atoms with E-state index in [-0.39, 0.29) is 5.56 Å². The molecule has 0 aliphatic heterocycles. The van der Waals surface area contributed by atoms with Crippen molar-refractivity contribution in [3.8, 4) is 5.75 Å². The second-order valence-electron chi connectivity index (χ2n) is 9.77. The number of fused-ring (bicyclic) bond motifs is 1. The Bertz CT molecular complexity index is 1600. The SMILES string of the molecule is CCOc1ccc(CN(Cc2ccccc2)C(c2cc3ccc(C)cc3[nH]c2=O)c2nnnn2CCOC)cc1. The quantitative estimate of drug-likeness (QED) is 0.247. The van der Waals surface area contributed by atoms with E-state index in [1.165, 1.54) is 0 Å². The van der Waals surface area contributed by atoms with E-state index in [9.17, 15) is 4.79 Å². The molecule has 0 aliphatic carbocycles. The second kappa shape index (κ2) is 12.7. The van der Waals surface area contributed by atoms with E-state index in [4.69, 9.17) is 9.47 Å². The fourth-order valence-electron chi connectivity index (χ4n) is 4.93. The summed E-state index contributed by atoms with van der Waals surface area (Å²) in [6, 6.07) is 25.8. The number of hydrogen-bond acceptors (Lipinski definition) is 7. The molecule has 1 atom stereocenters. The molecule has 9 heteroatoms. The maximum atomic E-state index is 13.7. The van der Waals surface area contributed by atoms with E-state index in [0.717, 1.165) is 33.3 Å². The van der Waals surface area contributed by atoms with Gasteiger partial charge in [-0.25, -0.2) is 4.68 Å². The minimum absolute atomic E-state index is 0.172. The van der Waals surface area contributed by atoms with E-state index in [1.807, 2.05) is 68.4 Å². The molecule has 206 valence electrons. The van der Waals surface area contributed by atoms with Gasteiger partial charge >= 0.3 is 0 Å². The topological polar surface area (TPSA) is 98.2 Å². The van der Waals surface area contributed by atoms with Crippen molar-refractivity contribution in [2.45, 2.75) is 39.5 Å². The van der Waals surface area contributed by atoms with Gasteiger partial charge in [-0.05, 0) is 70.6 Å². The Balaban J connectivity index is 1.65. The molecule has 0 bridgehead atoms. The van der Waals surface area contributed by atoms with Gasteiger partial charge in [0.05, 0.1) is 19.8 Å². The standard InChI is InChI=1S/C31H34N6O3/c1-4-40-26-14-11-24(12-15-26)21-36(20-23-8-6-5-7-9-23)29(30-33-34-35-37(30)16-17-39-3)27-19-25-13-10-22(2)18-28(25)32-31(27)38/h5-15,18-19,29H,4,16-17,20-21H2,1-3H3,(H,32,38). The van der Waals surface area contributed by atoms with Crippen LogP contribution in [0.25, 0.3) is 10.9 Å². The number of H-pyrrole nitrogens is 1. The Labute approximate surface area is 233 Å². The molecule has 0 saturated heterocycles. The number of hydrogen-bond donors (Lipinski definition) is 1. The van der Waals surface area contributed by atoms with Crippen molar-refractivity contribution in [3.05, 3.63) is 117 Å². The summed E-state index contributed by atoms with van der Waals surface area (Å²) in [5, 5.41) is 13.7. The smallest absolute Gasteiger partial charge is 0.253 e. The summed E-state index contributed by atoms with van der Waals surface area (Å²) in [7, 11) is 1.64. The number of aryl methyl sites for hydroxylation is 1. The average Bonchev–Trinajstić information content (AvgIpc) is 3.42. The second-order valence-corrected chi connectivity index (χ2v) is 9.77. The summed E-state index contributed by atoms with van der Waals surface area (Å²) in [6.45, 7) is 6.61. The number of rotatable bonds is 12. The summed E-state index contributed by atoms with van der Waals surface area (Å²) in [6.07, 6.45) is 0. The fraction of sp³-hybridized carbons (Fsp3) is 0.290. The molecule has 3 aromatic carbocycles. The van der Waals surface area contributed by atoms with Crippen LogP contribution in [0, 0.1) is 6.92 Å². The first-order valence-corrected chi connectivity index (χ1v) is 13.4. The molecule has 0 radical (unpaired) electrons. The summed E-state index contributed by atoms with van der Waals surface area (Å²) in [5.41, 5.74) is 4.47. The van der Waals surface area contributed by atoms with E-state index in [2.05, 4.69) is 49.7 Å². The summed E-state index contributed by atoms with van der Waals surface area (Å²) in [4.78, 5) is 19.1. The molecule has 5 rings (SSSR count). The number of nitrogens with one attached hydrogen (secondary N) is 1. The Kier molecular flexibility index (Phi) is 8.63. The zero-order chi connectivity index (χ0) is 27.9. The molecular weight excluding hydrogens is 504 g/mol. The van der Waals surface area contributed by atoms with Crippen LogP contribution >= 0.6 is 0 Å². The van der Waals surface area contributed by atoms with E-state index in [1.54, 1.807) is 11.8 Å². The van der Waals surface area contributed by atoms with Gasteiger partial charge in [0.1, 0.15) is 11.8 Å². The van der Waals surface area contributed by atoms with Gasteiger partial charge in [0.15, 0.2) is 5.82 Å². The number of methoxy groups -OCH3 is 1. The Morgan fingerprint density at radius 3 is 2.45 bits per heavy atom. The van der Waals surface area contributed by atoms with Crippen molar-refractivity contribution in [1.82, 2.24) is 30.1 Å². The van der Waals surface area contributed by atoms with Crippen molar-refractivity contribution >= 4 is 10.9 Å². The highest BCUT2D eigenvalue weighted by Gasteiger charge is 2.31. The summed E-state index contributed by atoms with van der Waals surface area (Å²) >= 11 is 0. The number of aromatic nitrogens is 5. The van der Waals surface area contributed by atoms with Crippen LogP contribution in [-0.4, -0.2) is 50.4 Å². The fourth-order valence-corrected chi connectivity index (χ4v) is 4.93. The van der Waals surface area contributed by atoms with Crippen LogP contribution in [0.1, 0.15) is 41.0 Å². The van der Waals surface area contributed by atoms with Crippen LogP contribution in [0.2, 0.25) is 0 Å². The molecule has 40 heavy (non-hydrogen) atoms. The first-order valence-electron chi connectivity index (χ1n) is 13.4. The number of ether oxygens (including phenoxy) is 2. The van der Waals surface area contributed by atoms with Crippen molar-refractivity contribution in [2.75, 3.05) is 20.3 Å². The van der Waals surface area contributed by atoms with Crippen LogP contribution in [0.4, 0.5) is 0 Å². The Morgan fingerprint density at radius 2 is 1.73 bits per heavy atom. The highest BCUT2D eigenvalue weighted by Crippen LogP contribution is 2.30. The first-order chi connectivity index (χ1) is 19.6. The number of pyridine rings is 1. The molecular formula is C31H34N6O3. The number of aromatic amines is 1. The van der Waals surface area contributed by atoms with Crippen molar-refractivity contribution in [3.63, 3.8) is 0 Å². The molecule has 0 amide bonds. The monoisotopic (exact) mass is 538 g/mol. The van der Waals surface area contributed by atoms with Gasteiger partial charge in [0, 0.05) is 31.3 Å². The van der Waals surface area contributed by atoms with Gasteiger partial charge in [0.25, 0.3) is 5.56 Å². The van der Waals surface area contributed by atoms with E-state index >= 15 is 0 Å². The Hall–Kier alpha value is -4.34. The molecule has 1 N–H and O–H groups in total. The van der Waals surface area contributed by atoms with E-state index < -0.39 is 6.04 Å². The van der Waals surface area contributed by atoms with Crippen LogP contribution < -0.4 is 10.3 Å². The third-order valence-corrected chi connectivity index (χ3v) is 6.85. The molecule has 5 aromatic rings. The lowest BCUT2D eigenvalue weighted by molar-refractivity contribution is 0.169. The largest absolute Gasteiger partial charge is 0.494 e. The molecule has 2 aromatic heterocycles. The molecule has 0 fully saturated rings. The zero-order valence-electron chi connectivity index (χ0n) is 23.1. The van der Waals surface area contributed by atoms with Gasteiger partial charge in [-0.3, -0.25) is 9.69 Å². The third kappa shape index (κ3) is 6.27. The molecule has 0 aliphatic rings. The van der Waals surface area contributed by atoms with Crippen LogP contribution in [0.3, 0.4) is 0 Å². The van der Waals surface area contributed by atoms with E-state index in [0.29, 0.717) is 44.2 Å². The van der Waals surface area contributed by atoms with Gasteiger partial charge < -0.3 is 14.5 Å². The number of tetrazole rings is 1. The molecule has 0 saturated carbocycles. The lowest BCUT2D eigenvalue weighted by atomic mass is 10.0. The Morgan fingerprint density at radius 1 is 0.975 bits per heavy atom. The minimum Gasteiger partial charge on any atom is -0.494 e. The highest BCUT2D eigenvalue weighted by atomic mass is 16.5. The van der Waals surface area contributed by atoms with Crippen LogP contribution in [0.5, 0.6) is 5.75 Å². The lowest BCUT2D eigenvalue weighted by Gasteiger charge is -2.31. The predicted molar refractivity (Wildman–Crippen MR) is 154 cm³/mol. The normalized spacial score (nSPS) is 12.2. The van der Waals surface area contributed by atoms with Crippen molar-refractivity contribution in [2.24, 2.45) is 0 Å². The lowest BCUT2D eigenvalue weighted by Crippen LogP contribution is -2.35. The predicted octanol–water partition coefficient (Wildman–Crippen LogP) is 4.66. The van der Waals surface area contributed by atoms with Crippen LogP contribution in [0.15, 0.2) is 83.7 Å². The first kappa shape index (κ1) is 27.2. The van der Waals surface area contributed by atoms with Gasteiger partial charge in [-0.15, -0.1) is 5.10 Å². The van der Waals surface area contributed by atoms with Gasteiger partial charge in [-0.2, -0.15) is 0 Å². The molecule has 2 heterocycles. The maximum absolute atomic E-state index is 13.7. The maximum Gasteiger partial charge on any atom is 0.253 e. The van der Waals surface area contributed by atoms with Gasteiger partial charge in [0.2, 0.25) is 0 Å². The highest BCUT2D eigenvalue weighted by molar-refractivity contribution is 5.79. The number of benzene rings is 3. The van der Waals surface area contributed by atoms with Crippen molar-refractivity contribution in [1.29, 1.82) is 0 Å². The minimum atomic E-state index is -0.534. The summed E-state index contributed by atoms with van der Waals surface area (Å²) in [5.74, 6) is 1.40. The molecule has 0 spiro atoms. The molecule has 1 unspecified atom stereocenters. The van der Waals surface area contributed by atoms with Gasteiger partial charge in [-0.1, -0.05) is 54.6 Å². The molecule has 9 nitrogen and oxygen atoms in total. The summed E-state index contributed by atoms with van der Waals surface area (Å²) < 4.78 is 12.7. The number of nitrogens with zero attached hydrogens (tertiary/aromatic N) is 5. The third-order valence-electron chi connectivity index (χ3n) is 6.85. The zero-order valence-corrected chi connectivity index (χ0v) is 23.1. The average molecular weight is 539 g/mol. The van der Waals surface area contributed by atoms with Crippen molar-refractivity contribution < 1.29 is 9.47 Å². The van der Waals surface area contributed by atoms with Crippen LogP contribution in [-0.2, 0) is 24.4 Å².